The summed E-state index contributed by atoms with van der Waals surface area (Å²) in [4.78, 5) is 18.5. The molecule has 29 heavy (non-hydrogen) atoms. The van der Waals surface area contributed by atoms with Gasteiger partial charge in [0.15, 0.2) is 15.8 Å². The van der Waals surface area contributed by atoms with Crippen LogP contribution >= 0.6 is 24.0 Å². The number of amides is 1. The smallest absolute Gasteiger partial charge is 0.222 e. The van der Waals surface area contributed by atoms with Crippen LogP contribution in [0.15, 0.2) is 40.2 Å². The number of sulfone groups is 1. The van der Waals surface area contributed by atoms with Crippen molar-refractivity contribution in [3.8, 4) is 0 Å². The van der Waals surface area contributed by atoms with Crippen LogP contribution < -0.4 is 10.6 Å². The third-order valence-electron chi connectivity index (χ3n) is 4.86. The Bertz CT molecular complexity index is 771. The predicted octanol–water partition coefficient (Wildman–Crippen LogP) is 2.42. The number of benzene rings is 1. The first-order valence-corrected chi connectivity index (χ1v) is 11.7. The minimum Gasteiger partial charge on any atom is -0.353 e. The average molecular weight is 536 g/mol. The van der Waals surface area contributed by atoms with E-state index in [2.05, 4.69) is 15.6 Å². The second-order valence-electron chi connectivity index (χ2n) is 6.99. The van der Waals surface area contributed by atoms with Gasteiger partial charge < -0.3 is 15.5 Å². The summed E-state index contributed by atoms with van der Waals surface area (Å²) in [6.45, 7) is 7.74. The van der Waals surface area contributed by atoms with Crippen LogP contribution in [0.1, 0.15) is 40.0 Å². The number of hydrogen-bond donors (Lipinski definition) is 2. The van der Waals surface area contributed by atoms with E-state index in [-0.39, 0.29) is 47.7 Å². The van der Waals surface area contributed by atoms with Crippen LogP contribution in [-0.2, 0) is 14.6 Å². The molecule has 0 aromatic heterocycles. The summed E-state index contributed by atoms with van der Waals surface area (Å²) in [7, 11) is -3.38. The molecule has 0 bridgehead atoms. The van der Waals surface area contributed by atoms with Gasteiger partial charge in [-0.3, -0.25) is 9.79 Å². The summed E-state index contributed by atoms with van der Waals surface area (Å²) >= 11 is 0. The van der Waals surface area contributed by atoms with Gasteiger partial charge in [-0.2, -0.15) is 0 Å². The van der Waals surface area contributed by atoms with E-state index in [9.17, 15) is 13.2 Å². The van der Waals surface area contributed by atoms with Gasteiger partial charge in [-0.05, 0) is 31.9 Å². The van der Waals surface area contributed by atoms with Gasteiger partial charge in [0.1, 0.15) is 0 Å². The zero-order valence-electron chi connectivity index (χ0n) is 17.4. The molecule has 2 atom stereocenters. The highest BCUT2D eigenvalue weighted by atomic mass is 127. The predicted molar refractivity (Wildman–Crippen MR) is 128 cm³/mol. The Balaban J connectivity index is 0.00000420. The van der Waals surface area contributed by atoms with E-state index in [1.807, 2.05) is 25.7 Å². The molecule has 1 aromatic rings. The fourth-order valence-corrected chi connectivity index (χ4v) is 4.87. The second kappa shape index (κ2) is 12.4. The molecule has 2 unspecified atom stereocenters. The minimum absolute atomic E-state index is 0. The highest BCUT2D eigenvalue weighted by Crippen LogP contribution is 2.13. The number of carbonyl (C=O) groups is 1. The van der Waals surface area contributed by atoms with Crippen LogP contribution in [0, 0.1) is 0 Å². The largest absolute Gasteiger partial charge is 0.353 e. The number of rotatable bonds is 8. The number of guanidine groups is 1. The lowest BCUT2D eigenvalue weighted by Crippen LogP contribution is -2.50. The first-order valence-electron chi connectivity index (χ1n) is 10.0. The van der Waals surface area contributed by atoms with Gasteiger partial charge in [-0.25, -0.2) is 8.42 Å². The fourth-order valence-electron chi connectivity index (χ4n) is 3.26. The molecule has 2 N–H and O–H groups in total. The molecule has 1 fully saturated rings. The van der Waals surface area contributed by atoms with Crippen LogP contribution in [0.25, 0.3) is 0 Å². The molecule has 1 saturated heterocycles. The van der Waals surface area contributed by atoms with Gasteiger partial charge in [-0.1, -0.05) is 32.0 Å². The standard InChI is InChI=1S/C20H32N4O3S.HI/c1-4-16(15-28(26,27)18-10-8-7-9-11-18)22-20(21-6-3)23-17-12-13-24(14-17)19(25)5-2;/h7-11,16-17H,4-6,12-15H2,1-3H3,(H2,21,22,23);1H. The molecule has 1 aliphatic heterocycles. The van der Waals surface area contributed by atoms with Gasteiger partial charge in [0.25, 0.3) is 0 Å². The highest BCUT2D eigenvalue weighted by molar-refractivity contribution is 14.0. The molecule has 2 rings (SSSR count). The van der Waals surface area contributed by atoms with E-state index < -0.39 is 9.84 Å². The zero-order chi connectivity index (χ0) is 20.6. The lowest BCUT2D eigenvalue weighted by molar-refractivity contribution is -0.129. The summed E-state index contributed by atoms with van der Waals surface area (Å²) in [5.74, 6) is 0.767. The summed E-state index contributed by atoms with van der Waals surface area (Å²) in [6.07, 6.45) is 2.02. The van der Waals surface area contributed by atoms with Gasteiger partial charge in [-0.15, -0.1) is 24.0 Å². The Morgan fingerprint density at radius 3 is 2.52 bits per heavy atom. The third-order valence-corrected chi connectivity index (χ3v) is 6.69. The van der Waals surface area contributed by atoms with Gasteiger partial charge in [0.2, 0.25) is 5.91 Å². The van der Waals surface area contributed by atoms with E-state index in [4.69, 9.17) is 0 Å². The summed E-state index contributed by atoms with van der Waals surface area (Å²) in [5, 5.41) is 6.64. The first-order chi connectivity index (χ1) is 13.4. The van der Waals surface area contributed by atoms with Gasteiger partial charge in [0, 0.05) is 38.1 Å². The van der Waals surface area contributed by atoms with Crippen LogP contribution in [0.5, 0.6) is 0 Å². The van der Waals surface area contributed by atoms with Crippen molar-refractivity contribution in [3.05, 3.63) is 30.3 Å². The van der Waals surface area contributed by atoms with Crippen molar-refractivity contribution in [1.29, 1.82) is 0 Å². The molecule has 1 aromatic carbocycles. The molecule has 1 aliphatic rings. The number of hydrogen-bond acceptors (Lipinski definition) is 4. The Labute approximate surface area is 191 Å². The quantitative estimate of drug-likeness (QED) is 0.303. The SMILES string of the molecule is CCN=C(NC1CCN(C(=O)CC)C1)NC(CC)CS(=O)(=O)c1ccccc1.I. The highest BCUT2D eigenvalue weighted by Gasteiger charge is 2.27. The van der Waals surface area contributed by atoms with Crippen molar-refractivity contribution >= 4 is 45.7 Å². The minimum atomic E-state index is -3.38. The average Bonchev–Trinajstić information content (AvgIpc) is 3.16. The Kier molecular flexibility index (Phi) is 10.9. The van der Waals surface area contributed by atoms with Crippen molar-refractivity contribution in [3.63, 3.8) is 0 Å². The summed E-state index contributed by atoms with van der Waals surface area (Å²) in [6, 6.07) is 8.39. The number of nitrogens with one attached hydrogen (secondary N) is 2. The normalized spacial score (nSPS) is 18.1. The van der Waals surface area contributed by atoms with E-state index in [1.54, 1.807) is 30.3 Å². The number of likely N-dealkylation sites (tertiary alicyclic amines) is 1. The first kappa shape index (κ1) is 25.7. The van der Waals surface area contributed by atoms with Crippen LogP contribution in [0.2, 0.25) is 0 Å². The van der Waals surface area contributed by atoms with Crippen molar-refractivity contribution in [2.24, 2.45) is 4.99 Å². The third kappa shape index (κ3) is 7.76. The maximum Gasteiger partial charge on any atom is 0.222 e. The van der Waals surface area contributed by atoms with Crippen LogP contribution in [0.4, 0.5) is 0 Å². The topological polar surface area (TPSA) is 90.9 Å². The fraction of sp³-hybridized carbons (Fsp3) is 0.600. The number of aliphatic imine (C=N–C) groups is 1. The lowest BCUT2D eigenvalue weighted by atomic mass is 10.2. The van der Waals surface area contributed by atoms with E-state index >= 15 is 0 Å². The zero-order valence-corrected chi connectivity index (χ0v) is 20.6. The lowest BCUT2D eigenvalue weighted by Gasteiger charge is -2.23. The monoisotopic (exact) mass is 536 g/mol. The van der Waals surface area contributed by atoms with Crippen molar-refractivity contribution in [2.75, 3.05) is 25.4 Å². The molecule has 164 valence electrons. The molecule has 0 saturated carbocycles. The molecular weight excluding hydrogens is 503 g/mol. The maximum atomic E-state index is 12.7. The maximum absolute atomic E-state index is 12.7. The van der Waals surface area contributed by atoms with Gasteiger partial charge >= 0.3 is 0 Å². The van der Waals surface area contributed by atoms with E-state index in [0.717, 1.165) is 13.0 Å². The van der Waals surface area contributed by atoms with Crippen molar-refractivity contribution in [1.82, 2.24) is 15.5 Å². The molecule has 0 radical (unpaired) electrons. The molecular formula is C20H33IN4O3S. The molecule has 1 amide bonds. The summed E-state index contributed by atoms with van der Waals surface area (Å²) in [5.41, 5.74) is 0. The Morgan fingerprint density at radius 2 is 1.93 bits per heavy atom. The number of nitrogens with zero attached hydrogens (tertiary/aromatic N) is 2. The van der Waals surface area contributed by atoms with Crippen molar-refractivity contribution in [2.45, 2.75) is 57.0 Å². The molecule has 0 aliphatic carbocycles. The van der Waals surface area contributed by atoms with Gasteiger partial charge in [0.05, 0.1) is 10.6 Å². The molecule has 9 heteroatoms. The van der Waals surface area contributed by atoms with Crippen LogP contribution in [-0.4, -0.2) is 62.7 Å². The van der Waals surface area contributed by atoms with E-state index in [0.29, 0.717) is 36.8 Å². The second-order valence-corrected chi connectivity index (χ2v) is 9.02. The van der Waals surface area contributed by atoms with E-state index in [1.165, 1.54) is 0 Å². The van der Waals surface area contributed by atoms with Crippen LogP contribution in [0.3, 0.4) is 0 Å². The Morgan fingerprint density at radius 1 is 1.24 bits per heavy atom. The molecule has 7 nitrogen and oxygen atoms in total. The Hall–Kier alpha value is -1.36. The summed E-state index contributed by atoms with van der Waals surface area (Å²) < 4.78 is 25.4. The molecule has 1 heterocycles. The number of carbonyl (C=O) groups excluding carboxylic acids is 1. The van der Waals surface area contributed by atoms with Crippen molar-refractivity contribution < 1.29 is 13.2 Å². The molecule has 0 spiro atoms. The number of halogens is 1.